The largest absolute Gasteiger partial charge is 0.466 e. The van der Waals surface area contributed by atoms with Crippen LogP contribution in [-0.4, -0.2) is 12.6 Å². The van der Waals surface area contributed by atoms with Crippen LogP contribution in [-0.2, 0) is 9.53 Å². The second kappa shape index (κ2) is 51.5. The predicted octanol–water partition coefficient (Wildman–Crippen LogP) is 19.7. The topological polar surface area (TPSA) is 26.3 Å². The fourth-order valence-electron chi connectivity index (χ4n) is 8.55. The van der Waals surface area contributed by atoms with E-state index in [0.717, 1.165) is 12.8 Å². The summed E-state index contributed by atoms with van der Waals surface area (Å²) in [7, 11) is 0. The van der Waals surface area contributed by atoms with Crippen molar-refractivity contribution in [1.29, 1.82) is 0 Å². The Kier molecular flexibility index (Phi) is 51.0. The molecule has 55 heavy (non-hydrogen) atoms. The van der Waals surface area contributed by atoms with Gasteiger partial charge in [-0.15, -0.1) is 0 Å². The van der Waals surface area contributed by atoms with Gasteiger partial charge in [-0.2, -0.15) is 0 Å². The summed E-state index contributed by atoms with van der Waals surface area (Å²) < 4.78 is 5.50. The van der Waals surface area contributed by atoms with Crippen LogP contribution in [0.1, 0.15) is 328 Å². The van der Waals surface area contributed by atoms with Gasteiger partial charge in [0.2, 0.25) is 0 Å². The summed E-state index contributed by atoms with van der Waals surface area (Å²) in [6.45, 7) is 5.24. The number of esters is 1. The molecule has 0 bridgehead atoms. The molecule has 0 radical (unpaired) electrons. The first-order valence-electron chi connectivity index (χ1n) is 26.5. The zero-order valence-corrected chi connectivity index (χ0v) is 38.7. The van der Waals surface area contributed by atoms with Crippen LogP contribution >= 0.6 is 0 Å². The molecule has 0 N–H and O–H groups in total. The van der Waals surface area contributed by atoms with Crippen LogP contribution in [0, 0.1) is 0 Å². The molecule has 0 rings (SSSR count). The molecule has 0 aromatic heterocycles. The first kappa shape index (κ1) is 54.5. The summed E-state index contributed by atoms with van der Waals surface area (Å²) in [4.78, 5) is 12.1. The number of unbranched alkanes of at least 4 members (excludes halogenated alkanes) is 46. The van der Waals surface area contributed by atoms with Gasteiger partial charge in [0.05, 0.1) is 6.61 Å². The molecule has 0 aliphatic carbocycles. The van der Waals surface area contributed by atoms with Gasteiger partial charge in [0.15, 0.2) is 0 Å². The first-order chi connectivity index (χ1) is 27.3. The molecule has 0 aromatic rings. The van der Waals surface area contributed by atoms with Crippen molar-refractivity contribution < 1.29 is 9.53 Å². The van der Waals surface area contributed by atoms with E-state index >= 15 is 0 Å². The minimum Gasteiger partial charge on any atom is -0.466 e. The molecule has 2 heteroatoms. The third-order valence-corrected chi connectivity index (χ3v) is 12.5. The third kappa shape index (κ3) is 51.5. The Balaban J connectivity index is 3.14. The molecule has 0 saturated carbocycles. The van der Waals surface area contributed by atoms with Crippen LogP contribution in [0.15, 0.2) is 0 Å². The molecule has 0 aromatic carbocycles. The summed E-state index contributed by atoms with van der Waals surface area (Å²) in [5, 5.41) is 0. The Hall–Kier alpha value is -0.530. The fourth-order valence-corrected chi connectivity index (χ4v) is 8.55. The van der Waals surface area contributed by atoms with Gasteiger partial charge in [0.25, 0.3) is 0 Å². The lowest BCUT2D eigenvalue weighted by Crippen LogP contribution is -2.05. The van der Waals surface area contributed by atoms with Crippen molar-refractivity contribution in [2.45, 2.75) is 328 Å². The Morgan fingerprint density at radius 1 is 0.236 bits per heavy atom. The zero-order valence-electron chi connectivity index (χ0n) is 38.7. The standard InChI is InChI=1S/C53H106O2/c1-3-5-7-9-11-13-15-17-19-21-23-25-26-27-28-29-30-31-32-33-35-37-39-41-43-45-47-49-51-53(54)55-52-50-48-46-44-42-40-38-36-34-24-22-20-18-16-14-12-10-8-6-4-2/h3-52H2,1-2H3. The van der Waals surface area contributed by atoms with Crippen LogP contribution in [0.3, 0.4) is 0 Å². The van der Waals surface area contributed by atoms with Crippen molar-refractivity contribution in [2.75, 3.05) is 6.61 Å². The number of ether oxygens (including phenoxy) is 1. The van der Waals surface area contributed by atoms with E-state index in [1.807, 2.05) is 0 Å². The minimum atomic E-state index is 0.0348. The maximum atomic E-state index is 12.1. The lowest BCUT2D eigenvalue weighted by Gasteiger charge is -2.06. The van der Waals surface area contributed by atoms with E-state index in [0.29, 0.717) is 13.0 Å². The molecule has 0 heterocycles. The summed E-state index contributed by atoms with van der Waals surface area (Å²) in [6, 6.07) is 0. The molecule has 0 amide bonds. The van der Waals surface area contributed by atoms with Crippen molar-refractivity contribution in [3.05, 3.63) is 0 Å². The summed E-state index contributed by atoms with van der Waals surface area (Å²) in [5.41, 5.74) is 0. The second-order valence-electron chi connectivity index (χ2n) is 18.2. The molecule has 0 aliphatic heterocycles. The molecular weight excluding hydrogens is 669 g/mol. The zero-order chi connectivity index (χ0) is 39.6. The van der Waals surface area contributed by atoms with Gasteiger partial charge < -0.3 is 4.74 Å². The van der Waals surface area contributed by atoms with E-state index in [4.69, 9.17) is 4.74 Å². The van der Waals surface area contributed by atoms with Crippen molar-refractivity contribution in [2.24, 2.45) is 0 Å². The highest BCUT2D eigenvalue weighted by molar-refractivity contribution is 5.69. The van der Waals surface area contributed by atoms with E-state index in [1.54, 1.807) is 0 Å². The molecular formula is C53H106O2. The molecule has 0 unspecified atom stereocenters. The van der Waals surface area contributed by atoms with Crippen LogP contribution in [0.4, 0.5) is 0 Å². The van der Waals surface area contributed by atoms with Crippen LogP contribution < -0.4 is 0 Å². The van der Waals surface area contributed by atoms with E-state index < -0.39 is 0 Å². The van der Waals surface area contributed by atoms with Gasteiger partial charge in [0.1, 0.15) is 0 Å². The van der Waals surface area contributed by atoms with Crippen LogP contribution in [0.25, 0.3) is 0 Å². The first-order valence-corrected chi connectivity index (χ1v) is 26.5. The number of hydrogen-bond donors (Lipinski definition) is 0. The van der Waals surface area contributed by atoms with Crippen LogP contribution in [0.5, 0.6) is 0 Å². The highest BCUT2D eigenvalue weighted by atomic mass is 16.5. The quantitative estimate of drug-likeness (QED) is 0.0454. The van der Waals surface area contributed by atoms with Crippen molar-refractivity contribution in [1.82, 2.24) is 0 Å². The number of rotatable bonds is 50. The van der Waals surface area contributed by atoms with Crippen molar-refractivity contribution in [3.63, 3.8) is 0 Å². The molecule has 0 atom stereocenters. The summed E-state index contributed by atoms with van der Waals surface area (Å²) in [6.07, 6.45) is 68.3. The second-order valence-corrected chi connectivity index (χ2v) is 18.2. The van der Waals surface area contributed by atoms with Crippen molar-refractivity contribution in [3.8, 4) is 0 Å². The van der Waals surface area contributed by atoms with Gasteiger partial charge in [-0.3, -0.25) is 4.79 Å². The van der Waals surface area contributed by atoms with Gasteiger partial charge in [-0.25, -0.2) is 0 Å². The monoisotopic (exact) mass is 775 g/mol. The highest BCUT2D eigenvalue weighted by Gasteiger charge is 2.03. The normalized spacial score (nSPS) is 11.5. The van der Waals surface area contributed by atoms with E-state index in [1.165, 1.54) is 295 Å². The summed E-state index contributed by atoms with van der Waals surface area (Å²) in [5.74, 6) is 0.0348. The molecule has 330 valence electrons. The molecule has 0 saturated heterocycles. The van der Waals surface area contributed by atoms with E-state index in [-0.39, 0.29) is 5.97 Å². The summed E-state index contributed by atoms with van der Waals surface area (Å²) >= 11 is 0. The number of carbonyl (C=O) groups is 1. The van der Waals surface area contributed by atoms with Crippen LogP contribution in [0.2, 0.25) is 0 Å². The minimum absolute atomic E-state index is 0.0348. The third-order valence-electron chi connectivity index (χ3n) is 12.5. The maximum Gasteiger partial charge on any atom is 0.305 e. The SMILES string of the molecule is CCCCCCCCCCCCCCCCCCCCCCCCCCCCCCC(=O)OCCCCCCCCCCCCCCCCCCCCCC. The number of hydrogen-bond acceptors (Lipinski definition) is 2. The van der Waals surface area contributed by atoms with E-state index in [9.17, 15) is 4.79 Å². The average Bonchev–Trinajstić information content (AvgIpc) is 3.19. The highest BCUT2D eigenvalue weighted by Crippen LogP contribution is 2.18. The van der Waals surface area contributed by atoms with Gasteiger partial charge in [-0.05, 0) is 12.8 Å². The molecule has 0 spiro atoms. The molecule has 2 nitrogen and oxygen atoms in total. The van der Waals surface area contributed by atoms with Gasteiger partial charge in [0, 0.05) is 6.42 Å². The Bertz CT molecular complexity index is 673. The Labute approximate surface area is 349 Å². The Morgan fingerprint density at radius 3 is 0.600 bits per heavy atom. The van der Waals surface area contributed by atoms with Gasteiger partial charge in [-0.1, -0.05) is 309 Å². The lowest BCUT2D eigenvalue weighted by atomic mass is 10.0. The van der Waals surface area contributed by atoms with Gasteiger partial charge >= 0.3 is 5.97 Å². The lowest BCUT2D eigenvalue weighted by molar-refractivity contribution is -0.143. The fraction of sp³-hybridized carbons (Fsp3) is 0.981. The maximum absolute atomic E-state index is 12.1. The number of carbonyl (C=O) groups excluding carboxylic acids is 1. The predicted molar refractivity (Wildman–Crippen MR) is 249 cm³/mol. The molecule has 0 fully saturated rings. The van der Waals surface area contributed by atoms with E-state index in [2.05, 4.69) is 13.8 Å². The smallest absolute Gasteiger partial charge is 0.305 e. The average molecular weight is 775 g/mol. The Morgan fingerprint density at radius 2 is 0.400 bits per heavy atom. The van der Waals surface area contributed by atoms with Crippen molar-refractivity contribution >= 4 is 5.97 Å². The molecule has 0 aliphatic rings.